The van der Waals surface area contributed by atoms with Crippen LogP contribution in [0.4, 0.5) is 5.82 Å². The van der Waals surface area contributed by atoms with Gasteiger partial charge in [0.15, 0.2) is 0 Å². The third-order valence-electron chi connectivity index (χ3n) is 5.69. The maximum Gasteiger partial charge on any atom is 0.246 e. The van der Waals surface area contributed by atoms with E-state index in [0.717, 1.165) is 37.1 Å². The first-order valence-electron chi connectivity index (χ1n) is 11.0. The number of piperidine rings is 1. The topological polar surface area (TPSA) is 91.2 Å². The summed E-state index contributed by atoms with van der Waals surface area (Å²) >= 11 is 0. The summed E-state index contributed by atoms with van der Waals surface area (Å²) in [5.74, 6) is 1.99. The van der Waals surface area contributed by atoms with Crippen molar-refractivity contribution < 1.29 is 9.53 Å². The average molecular weight is 442 g/mol. The Kier molecular flexibility index (Phi) is 7.09. The summed E-state index contributed by atoms with van der Waals surface area (Å²) in [6.45, 7) is 4.91. The van der Waals surface area contributed by atoms with E-state index in [1.54, 1.807) is 6.20 Å². The van der Waals surface area contributed by atoms with E-state index in [1.807, 2.05) is 59.5 Å². The van der Waals surface area contributed by atoms with Crippen molar-refractivity contribution in [1.29, 1.82) is 5.41 Å². The molecule has 1 amide bonds. The second-order valence-electron chi connectivity index (χ2n) is 7.87. The molecule has 1 aromatic heterocycles. The molecule has 2 heterocycles. The molecule has 2 N–H and O–H groups in total. The van der Waals surface area contributed by atoms with Crippen LogP contribution < -0.4 is 10.1 Å². The summed E-state index contributed by atoms with van der Waals surface area (Å²) in [6.07, 6.45) is 7.48. The smallest absolute Gasteiger partial charge is 0.246 e. The van der Waals surface area contributed by atoms with Crippen LogP contribution in [-0.2, 0) is 4.79 Å². The molecular formula is C26H27N5O2. The number of nitrogens with zero attached hydrogens (tertiary/aromatic N) is 3. The number of amides is 1. The summed E-state index contributed by atoms with van der Waals surface area (Å²) in [5, 5.41) is 12.1. The Morgan fingerprint density at radius 1 is 1.15 bits per heavy atom. The summed E-state index contributed by atoms with van der Waals surface area (Å²) in [7, 11) is 0. The molecule has 0 bridgehead atoms. The Hall–Kier alpha value is -4.00. The molecule has 1 unspecified atom stereocenters. The van der Waals surface area contributed by atoms with Crippen LogP contribution in [0.1, 0.15) is 30.4 Å². The SMILES string of the molecule is C=CC(=O)N1CCCCC1CNc1ncncc1C(=N)c1ccc(Oc2ccccc2)cc1. The molecule has 1 atom stereocenters. The second kappa shape index (κ2) is 10.5. The largest absolute Gasteiger partial charge is 0.457 e. The van der Waals surface area contributed by atoms with Crippen molar-refractivity contribution in [3.05, 3.63) is 90.9 Å². The predicted octanol–water partition coefficient (Wildman–Crippen LogP) is 4.66. The number of likely N-dealkylation sites (tertiary alicyclic amines) is 1. The number of nitrogens with one attached hydrogen (secondary N) is 2. The lowest BCUT2D eigenvalue weighted by molar-refractivity contribution is -0.129. The number of carbonyl (C=O) groups excluding carboxylic acids is 1. The van der Waals surface area contributed by atoms with Gasteiger partial charge in [0.1, 0.15) is 23.6 Å². The molecule has 1 saturated heterocycles. The van der Waals surface area contributed by atoms with E-state index >= 15 is 0 Å². The molecular weight excluding hydrogens is 414 g/mol. The van der Waals surface area contributed by atoms with Gasteiger partial charge < -0.3 is 15.0 Å². The number of rotatable bonds is 8. The van der Waals surface area contributed by atoms with E-state index in [1.165, 1.54) is 12.4 Å². The van der Waals surface area contributed by atoms with E-state index < -0.39 is 0 Å². The van der Waals surface area contributed by atoms with E-state index in [9.17, 15) is 4.79 Å². The quantitative estimate of drug-likeness (QED) is 0.392. The van der Waals surface area contributed by atoms with Crippen molar-refractivity contribution in [3.8, 4) is 11.5 Å². The molecule has 4 rings (SSSR count). The Labute approximate surface area is 193 Å². The van der Waals surface area contributed by atoms with Gasteiger partial charge in [-0.3, -0.25) is 10.2 Å². The second-order valence-corrected chi connectivity index (χ2v) is 7.87. The standard InChI is InChI=1S/C26H27N5O2/c1-2-24(32)31-15-7-6-8-20(31)16-29-26-23(17-28-18-30-26)25(27)19-11-13-22(14-12-19)33-21-9-4-3-5-10-21/h2-5,9-14,17-18,20,27H,1,6-8,15-16H2,(H,28,29,30). The van der Waals surface area contributed by atoms with Gasteiger partial charge >= 0.3 is 0 Å². The van der Waals surface area contributed by atoms with Gasteiger partial charge in [-0.25, -0.2) is 9.97 Å². The minimum atomic E-state index is -0.0463. The van der Waals surface area contributed by atoms with Crippen molar-refractivity contribution in [2.45, 2.75) is 25.3 Å². The fraction of sp³-hybridized carbons (Fsp3) is 0.231. The van der Waals surface area contributed by atoms with E-state index in [4.69, 9.17) is 10.1 Å². The fourth-order valence-electron chi connectivity index (χ4n) is 3.96. The number of benzene rings is 2. The number of anilines is 1. The third-order valence-corrected chi connectivity index (χ3v) is 5.69. The van der Waals surface area contributed by atoms with E-state index in [2.05, 4.69) is 21.9 Å². The summed E-state index contributed by atoms with van der Waals surface area (Å²) in [4.78, 5) is 22.5. The molecule has 33 heavy (non-hydrogen) atoms. The van der Waals surface area contributed by atoms with Gasteiger partial charge in [-0.1, -0.05) is 24.8 Å². The molecule has 7 heteroatoms. The summed E-state index contributed by atoms with van der Waals surface area (Å²) in [6, 6.07) is 17.0. The first-order valence-corrected chi connectivity index (χ1v) is 11.0. The highest BCUT2D eigenvalue weighted by molar-refractivity contribution is 6.13. The number of para-hydroxylation sites is 1. The lowest BCUT2D eigenvalue weighted by Gasteiger charge is -2.35. The maximum absolute atomic E-state index is 12.2. The minimum Gasteiger partial charge on any atom is -0.457 e. The van der Waals surface area contributed by atoms with Crippen LogP contribution in [0.3, 0.4) is 0 Å². The van der Waals surface area contributed by atoms with Gasteiger partial charge in [-0.05, 0) is 61.7 Å². The van der Waals surface area contributed by atoms with Crippen LogP contribution >= 0.6 is 0 Å². The lowest BCUT2D eigenvalue weighted by Crippen LogP contribution is -2.46. The zero-order valence-electron chi connectivity index (χ0n) is 18.4. The predicted molar refractivity (Wildman–Crippen MR) is 129 cm³/mol. The molecule has 1 aliphatic heterocycles. The highest BCUT2D eigenvalue weighted by atomic mass is 16.5. The maximum atomic E-state index is 12.2. The van der Waals surface area contributed by atoms with Gasteiger partial charge in [-0.15, -0.1) is 0 Å². The van der Waals surface area contributed by atoms with Gasteiger partial charge in [0, 0.05) is 30.9 Å². The monoisotopic (exact) mass is 441 g/mol. The van der Waals surface area contributed by atoms with Crippen molar-refractivity contribution in [1.82, 2.24) is 14.9 Å². The van der Waals surface area contributed by atoms with Crippen LogP contribution in [0.25, 0.3) is 0 Å². The normalized spacial score (nSPS) is 15.5. The van der Waals surface area contributed by atoms with Crippen molar-refractivity contribution in [3.63, 3.8) is 0 Å². The van der Waals surface area contributed by atoms with Crippen LogP contribution in [0.2, 0.25) is 0 Å². The van der Waals surface area contributed by atoms with Crippen LogP contribution in [-0.4, -0.2) is 45.6 Å². The summed E-state index contributed by atoms with van der Waals surface area (Å²) < 4.78 is 5.84. The average Bonchev–Trinajstić information content (AvgIpc) is 2.88. The van der Waals surface area contributed by atoms with Gasteiger partial charge in [0.2, 0.25) is 5.91 Å². The highest BCUT2D eigenvalue weighted by Crippen LogP contribution is 2.24. The Balaban J connectivity index is 1.46. The third kappa shape index (κ3) is 5.44. The fourth-order valence-corrected chi connectivity index (χ4v) is 3.96. The molecule has 3 aromatic rings. The zero-order chi connectivity index (χ0) is 23.0. The van der Waals surface area contributed by atoms with E-state index in [0.29, 0.717) is 29.4 Å². The Morgan fingerprint density at radius 3 is 2.67 bits per heavy atom. The van der Waals surface area contributed by atoms with Crippen LogP contribution in [0.15, 0.2) is 79.8 Å². The molecule has 0 aliphatic carbocycles. The molecule has 7 nitrogen and oxygen atoms in total. The molecule has 0 spiro atoms. The number of carbonyl (C=O) groups is 1. The first-order chi connectivity index (χ1) is 16.2. The number of hydrogen-bond donors (Lipinski definition) is 2. The highest BCUT2D eigenvalue weighted by Gasteiger charge is 2.25. The molecule has 1 fully saturated rings. The van der Waals surface area contributed by atoms with Crippen LogP contribution in [0.5, 0.6) is 11.5 Å². The molecule has 2 aromatic carbocycles. The first kappa shape index (κ1) is 22.2. The van der Waals surface area contributed by atoms with Crippen LogP contribution in [0, 0.1) is 5.41 Å². The number of hydrogen-bond acceptors (Lipinski definition) is 6. The Bertz CT molecular complexity index is 1120. The van der Waals surface area contributed by atoms with Gasteiger partial charge in [0.05, 0.1) is 11.3 Å². The minimum absolute atomic E-state index is 0.0463. The van der Waals surface area contributed by atoms with Crippen molar-refractivity contribution >= 4 is 17.4 Å². The van der Waals surface area contributed by atoms with Crippen molar-refractivity contribution in [2.24, 2.45) is 0 Å². The summed E-state index contributed by atoms with van der Waals surface area (Å²) in [5.41, 5.74) is 1.65. The molecule has 0 saturated carbocycles. The Morgan fingerprint density at radius 2 is 1.91 bits per heavy atom. The molecule has 168 valence electrons. The molecule has 0 radical (unpaired) electrons. The van der Waals surface area contributed by atoms with Crippen molar-refractivity contribution in [2.75, 3.05) is 18.4 Å². The van der Waals surface area contributed by atoms with E-state index in [-0.39, 0.29) is 11.9 Å². The lowest BCUT2D eigenvalue weighted by atomic mass is 10.0. The zero-order valence-corrected chi connectivity index (χ0v) is 18.4. The number of ether oxygens (including phenoxy) is 1. The van der Waals surface area contributed by atoms with Gasteiger partial charge in [-0.2, -0.15) is 0 Å². The number of aromatic nitrogens is 2. The van der Waals surface area contributed by atoms with Gasteiger partial charge in [0.25, 0.3) is 0 Å². The molecule has 1 aliphatic rings.